The topological polar surface area (TPSA) is 32.3 Å². The van der Waals surface area contributed by atoms with E-state index in [4.69, 9.17) is 0 Å². The maximum absolute atomic E-state index is 11.7. The third kappa shape index (κ3) is 1.75. The monoisotopic (exact) mass is 222 g/mol. The smallest absolute Gasteiger partial charge is 0.239 e. The van der Waals surface area contributed by atoms with E-state index in [0.717, 1.165) is 37.3 Å². The first-order valence-electron chi connectivity index (χ1n) is 6.72. The van der Waals surface area contributed by atoms with Gasteiger partial charge in [-0.3, -0.25) is 4.79 Å². The highest BCUT2D eigenvalue weighted by Crippen LogP contribution is 2.47. The summed E-state index contributed by atoms with van der Waals surface area (Å²) in [5.74, 6) is 3.13. The molecule has 0 radical (unpaired) electrons. The van der Waals surface area contributed by atoms with Gasteiger partial charge >= 0.3 is 0 Å². The van der Waals surface area contributed by atoms with E-state index < -0.39 is 0 Å². The van der Waals surface area contributed by atoms with E-state index in [1.165, 1.54) is 25.7 Å². The number of hydrogen-bond donors (Lipinski definition) is 1. The van der Waals surface area contributed by atoms with Crippen molar-refractivity contribution in [2.24, 2.45) is 17.8 Å². The number of rotatable bonds is 3. The van der Waals surface area contributed by atoms with Crippen molar-refractivity contribution in [2.75, 3.05) is 20.1 Å². The van der Waals surface area contributed by atoms with Crippen LogP contribution in [0.3, 0.4) is 0 Å². The molecule has 1 saturated heterocycles. The largest absolute Gasteiger partial charge is 0.344 e. The summed E-state index contributed by atoms with van der Waals surface area (Å²) in [6.07, 6.45) is 6.78. The second-order valence-corrected chi connectivity index (χ2v) is 5.94. The summed E-state index contributed by atoms with van der Waals surface area (Å²) in [5, 5.41) is 3.50. The highest BCUT2D eigenvalue weighted by Gasteiger charge is 2.40. The van der Waals surface area contributed by atoms with Crippen molar-refractivity contribution in [2.45, 2.75) is 38.1 Å². The van der Waals surface area contributed by atoms with Gasteiger partial charge in [-0.15, -0.1) is 0 Å². The standard InChI is InChI=1S/C13H22N2O/c1-15-5-4-12(13(15)16)14-8-11-7-9-2-3-10(11)6-9/h9-12,14H,2-8H2,1H3. The van der Waals surface area contributed by atoms with Crippen LogP contribution in [0.15, 0.2) is 0 Å². The molecule has 16 heavy (non-hydrogen) atoms. The molecule has 0 spiro atoms. The average Bonchev–Trinajstić information content (AvgIpc) is 2.95. The van der Waals surface area contributed by atoms with Crippen molar-refractivity contribution >= 4 is 5.91 Å². The van der Waals surface area contributed by atoms with Crippen molar-refractivity contribution in [3.05, 3.63) is 0 Å². The Kier molecular flexibility index (Phi) is 2.66. The van der Waals surface area contributed by atoms with Crippen molar-refractivity contribution in [3.63, 3.8) is 0 Å². The molecular weight excluding hydrogens is 200 g/mol. The molecule has 3 heteroatoms. The molecule has 1 aliphatic heterocycles. The third-order valence-corrected chi connectivity index (χ3v) is 4.94. The molecule has 1 heterocycles. The van der Waals surface area contributed by atoms with Crippen LogP contribution >= 0.6 is 0 Å². The van der Waals surface area contributed by atoms with Gasteiger partial charge in [-0.1, -0.05) is 6.42 Å². The van der Waals surface area contributed by atoms with Crippen molar-refractivity contribution in [1.29, 1.82) is 0 Å². The van der Waals surface area contributed by atoms with Gasteiger partial charge in [0.05, 0.1) is 6.04 Å². The summed E-state index contributed by atoms with van der Waals surface area (Å²) >= 11 is 0. The van der Waals surface area contributed by atoms with E-state index >= 15 is 0 Å². The second kappa shape index (κ2) is 4.02. The lowest BCUT2D eigenvalue weighted by atomic mass is 9.88. The molecule has 0 aromatic rings. The van der Waals surface area contributed by atoms with Gasteiger partial charge in [-0.2, -0.15) is 0 Å². The fourth-order valence-electron chi connectivity index (χ4n) is 3.93. The molecule has 2 aliphatic carbocycles. The van der Waals surface area contributed by atoms with Gasteiger partial charge in [0.15, 0.2) is 0 Å². The Morgan fingerprint density at radius 1 is 1.31 bits per heavy atom. The van der Waals surface area contributed by atoms with E-state index in [9.17, 15) is 4.79 Å². The Morgan fingerprint density at radius 2 is 2.19 bits per heavy atom. The number of carbonyl (C=O) groups excluding carboxylic acids is 1. The first-order chi connectivity index (χ1) is 7.74. The van der Waals surface area contributed by atoms with Crippen LogP contribution in [0.5, 0.6) is 0 Å². The molecule has 1 amide bonds. The zero-order valence-electron chi connectivity index (χ0n) is 10.1. The van der Waals surface area contributed by atoms with Gasteiger partial charge in [0.2, 0.25) is 5.91 Å². The van der Waals surface area contributed by atoms with Crippen LogP contribution < -0.4 is 5.32 Å². The van der Waals surface area contributed by atoms with E-state index in [0.29, 0.717) is 5.91 Å². The number of amides is 1. The maximum atomic E-state index is 11.7. The molecule has 0 aromatic heterocycles. The van der Waals surface area contributed by atoms with Crippen LogP contribution in [0.4, 0.5) is 0 Å². The van der Waals surface area contributed by atoms with E-state index in [2.05, 4.69) is 5.32 Å². The van der Waals surface area contributed by atoms with Crippen LogP contribution in [0.1, 0.15) is 32.1 Å². The normalized spacial score (nSPS) is 42.3. The Morgan fingerprint density at radius 3 is 2.75 bits per heavy atom. The molecule has 4 unspecified atom stereocenters. The first kappa shape index (κ1) is 10.6. The number of nitrogens with one attached hydrogen (secondary N) is 1. The molecule has 90 valence electrons. The van der Waals surface area contributed by atoms with E-state index in [-0.39, 0.29) is 6.04 Å². The summed E-state index contributed by atoms with van der Waals surface area (Å²) < 4.78 is 0. The summed E-state index contributed by atoms with van der Waals surface area (Å²) in [7, 11) is 1.90. The van der Waals surface area contributed by atoms with E-state index in [1.807, 2.05) is 11.9 Å². The van der Waals surface area contributed by atoms with Crippen molar-refractivity contribution in [3.8, 4) is 0 Å². The van der Waals surface area contributed by atoms with E-state index in [1.54, 1.807) is 0 Å². The molecule has 3 fully saturated rings. The van der Waals surface area contributed by atoms with Crippen LogP contribution in [0, 0.1) is 17.8 Å². The minimum Gasteiger partial charge on any atom is -0.344 e. The lowest BCUT2D eigenvalue weighted by Crippen LogP contribution is -2.40. The van der Waals surface area contributed by atoms with Crippen LogP contribution in [0.25, 0.3) is 0 Å². The number of carbonyl (C=O) groups is 1. The Bertz CT molecular complexity index is 292. The number of likely N-dealkylation sites (tertiary alicyclic amines) is 1. The molecule has 3 nitrogen and oxygen atoms in total. The quantitative estimate of drug-likeness (QED) is 0.779. The highest BCUT2D eigenvalue weighted by molar-refractivity contribution is 5.83. The lowest BCUT2D eigenvalue weighted by Gasteiger charge is -2.23. The molecule has 3 rings (SSSR count). The van der Waals surface area contributed by atoms with Crippen LogP contribution in [-0.4, -0.2) is 37.0 Å². The number of nitrogens with zero attached hydrogens (tertiary/aromatic N) is 1. The molecule has 2 bridgehead atoms. The Hall–Kier alpha value is -0.570. The zero-order chi connectivity index (χ0) is 11.1. The van der Waals surface area contributed by atoms with Crippen molar-refractivity contribution in [1.82, 2.24) is 10.2 Å². The maximum Gasteiger partial charge on any atom is 0.239 e. The number of hydrogen-bond acceptors (Lipinski definition) is 2. The number of likely N-dealkylation sites (N-methyl/N-ethyl adjacent to an activating group) is 1. The van der Waals surface area contributed by atoms with Crippen LogP contribution in [-0.2, 0) is 4.79 Å². The molecule has 3 aliphatic rings. The second-order valence-electron chi connectivity index (χ2n) is 5.94. The first-order valence-corrected chi connectivity index (χ1v) is 6.72. The predicted octanol–water partition coefficient (Wildman–Crippen LogP) is 1.24. The summed E-state index contributed by atoms with van der Waals surface area (Å²) in [6, 6.07) is 0.115. The minimum atomic E-state index is 0.115. The fraction of sp³-hybridized carbons (Fsp3) is 0.923. The Balaban J connectivity index is 1.48. The van der Waals surface area contributed by atoms with Gasteiger partial charge < -0.3 is 10.2 Å². The average molecular weight is 222 g/mol. The summed E-state index contributed by atoms with van der Waals surface area (Å²) in [6.45, 7) is 2.00. The van der Waals surface area contributed by atoms with Gasteiger partial charge in [-0.05, 0) is 50.0 Å². The summed E-state index contributed by atoms with van der Waals surface area (Å²) in [5.41, 5.74) is 0. The summed E-state index contributed by atoms with van der Waals surface area (Å²) in [4.78, 5) is 13.6. The zero-order valence-corrected chi connectivity index (χ0v) is 10.1. The van der Waals surface area contributed by atoms with Gasteiger partial charge in [0.25, 0.3) is 0 Å². The molecule has 4 atom stereocenters. The SMILES string of the molecule is CN1CCC(NCC2CC3CCC2C3)C1=O. The fourth-order valence-corrected chi connectivity index (χ4v) is 3.93. The highest BCUT2D eigenvalue weighted by atomic mass is 16.2. The molecule has 1 N–H and O–H groups in total. The van der Waals surface area contributed by atoms with Gasteiger partial charge in [0.1, 0.15) is 0 Å². The van der Waals surface area contributed by atoms with Gasteiger partial charge in [0, 0.05) is 13.6 Å². The predicted molar refractivity (Wildman–Crippen MR) is 63.0 cm³/mol. The molecule has 2 saturated carbocycles. The number of fused-ring (bicyclic) bond motifs is 2. The minimum absolute atomic E-state index is 0.115. The third-order valence-electron chi connectivity index (χ3n) is 4.94. The molecular formula is C13H22N2O. The van der Waals surface area contributed by atoms with Crippen molar-refractivity contribution < 1.29 is 4.79 Å². The molecule has 0 aromatic carbocycles. The lowest BCUT2D eigenvalue weighted by molar-refractivity contribution is -0.128. The van der Waals surface area contributed by atoms with Gasteiger partial charge in [-0.25, -0.2) is 0 Å². The Labute approximate surface area is 97.6 Å². The van der Waals surface area contributed by atoms with Crippen LogP contribution in [0.2, 0.25) is 0 Å².